The first-order valence-electron chi connectivity index (χ1n) is 9.63. The van der Waals surface area contributed by atoms with Gasteiger partial charge in [0.15, 0.2) is 5.76 Å². The predicted octanol–water partition coefficient (Wildman–Crippen LogP) is 5.32. The van der Waals surface area contributed by atoms with E-state index in [1.54, 1.807) is 11.3 Å². The molecule has 0 saturated heterocycles. The highest BCUT2D eigenvalue weighted by Crippen LogP contribution is 2.42. The summed E-state index contributed by atoms with van der Waals surface area (Å²) in [6, 6.07) is 10.4. The summed E-state index contributed by atoms with van der Waals surface area (Å²) in [7, 11) is 0. The normalized spacial score (nSPS) is 25.0. The number of benzene rings is 1. The molecule has 5 heteroatoms. The minimum Gasteiger partial charge on any atom is -0.454 e. The third kappa shape index (κ3) is 3.10. The van der Waals surface area contributed by atoms with E-state index in [1.807, 2.05) is 22.9 Å². The van der Waals surface area contributed by atoms with Crippen LogP contribution in [-0.4, -0.2) is 16.9 Å². The van der Waals surface area contributed by atoms with E-state index < -0.39 is 0 Å². The molecule has 2 aliphatic rings. The van der Waals surface area contributed by atoms with Crippen molar-refractivity contribution in [3.63, 3.8) is 0 Å². The molecule has 2 aromatic heterocycles. The van der Waals surface area contributed by atoms with Crippen LogP contribution in [0.25, 0.3) is 22.4 Å². The van der Waals surface area contributed by atoms with Crippen LogP contribution in [0.4, 0.5) is 0 Å². The molecular formula is C22H23N3OS. The van der Waals surface area contributed by atoms with Gasteiger partial charge in [0.05, 0.1) is 0 Å². The van der Waals surface area contributed by atoms with Crippen LogP contribution in [0.2, 0.25) is 0 Å². The van der Waals surface area contributed by atoms with E-state index >= 15 is 0 Å². The van der Waals surface area contributed by atoms with Gasteiger partial charge in [0.2, 0.25) is 4.80 Å². The predicted molar refractivity (Wildman–Crippen MR) is 111 cm³/mol. The van der Waals surface area contributed by atoms with Crippen molar-refractivity contribution in [3.05, 3.63) is 52.7 Å². The Morgan fingerprint density at radius 1 is 1.22 bits per heavy atom. The van der Waals surface area contributed by atoms with Crippen LogP contribution in [0.15, 0.2) is 62.4 Å². The second-order valence-corrected chi connectivity index (χ2v) is 8.63. The molecule has 2 bridgehead atoms. The third-order valence-corrected chi connectivity index (χ3v) is 6.27. The number of thiazole rings is 1. The first-order chi connectivity index (χ1) is 13.2. The molecule has 0 aliphatic heterocycles. The Hall–Kier alpha value is -2.40. The van der Waals surface area contributed by atoms with E-state index in [2.05, 4.69) is 49.7 Å². The largest absolute Gasteiger partial charge is 0.454 e. The lowest BCUT2D eigenvalue weighted by Gasteiger charge is -2.12. The molecule has 1 saturated carbocycles. The molecule has 4 nitrogen and oxygen atoms in total. The number of hydrogen-bond acceptors (Lipinski definition) is 4. The Labute approximate surface area is 162 Å². The van der Waals surface area contributed by atoms with Crippen molar-refractivity contribution in [2.45, 2.75) is 32.7 Å². The molecule has 5 rings (SSSR count). The average molecular weight is 378 g/mol. The van der Waals surface area contributed by atoms with Crippen LogP contribution in [0.5, 0.6) is 0 Å². The molecule has 2 heterocycles. The molecule has 3 aromatic rings. The van der Waals surface area contributed by atoms with Crippen molar-refractivity contribution < 1.29 is 4.42 Å². The topological polar surface area (TPSA) is 42.8 Å². The summed E-state index contributed by atoms with van der Waals surface area (Å²) in [5.74, 6) is 2.76. The van der Waals surface area contributed by atoms with E-state index in [1.165, 1.54) is 12.8 Å². The molecule has 138 valence electrons. The average Bonchev–Trinajstić information content (AvgIpc) is 3.42. The first-order valence-corrected chi connectivity index (χ1v) is 10.5. The fourth-order valence-electron chi connectivity index (χ4n) is 4.15. The fourth-order valence-corrected chi connectivity index (χ4v) is 5.10. The smallest absolute Gasteiger partial charge is 0.206 e. The van der Waals surface area contributed by atoms with Crippen LogP contribution in [0.1, 0.15) is 26.7 Å². The summed E-state index contributed by atoms with van der Waals surface area (Å²) in [6.07, 6.45) is 9.36. The third-order valence-electron chi connectivity index (χ3n) is 5.44. The number of aromatic nitrogens is 1. The Kier molecular flexibility index (Phi) is 4.12. The maximum Gasteiger partial charge on any atom is 0.206 e. The van der Waals surface area contributed by atoms with Gasteiger partial charge >= 0.3 is 0 Å². The fraction of sp³-hybridized carbons (Fsp3) is 0.364. The van der Waals surface area contributed by atoms with Crippen LogP contribution >= 0.6 is 11.3 Å². The molecule has 1 fully saturated rings. The summed E-state index contributed by atoms with van der Waals surface area (Å²) in [5, 5.41) is 8.08. The quantitative estimate of drug-likeness (QED) is 0.448. The molecule has 0 radical (unpaired) electrons. The van der Waals surface area contributed by atoms with Crippen molar-refractivity contribution in [2.24, 2.45) is 27.8 Å². The van der Waals surface area contributed by atoms with Crippen LogP contribution in [0.3, 0.4) is 0 Å². The van der Waals surface area contributed by atoms with Crippen molar-refractivity contribution >= 4 is 28.5 Å². The lowest BCUT2D eigenvalue weighted by molar-refractivity contribution is 0.587. The zero-order valence-corrected chi connectivity index (χ0v) is 16.4. The first kappa shape index (κ1) is 16.8. The number of allylic oxidation sites excluding steroid dienone is 2. The second kappa shape index (κ2) is 6.64. The molecule has 0 N–H and O–H groups in total. The number of furan rings is 1. The minimum atomic E-state index is 0.221. The number of hydrogen-bond donors (Lipinski definition) is 0. The molecule has 27 heavy (non-hydrogen) atoms. The van der Waals surface area contributed by atoms with Crippen LogP contribution in [-0.2, 0) is 0 Å². The lowest BCUT2D eigenvalue weighted by atomic mass is 9.95. The van der Waals surface area contributed by atoms with Gasteiger partial charge in [-0.2, -0.15) is 5.10 Å². The van der Waals surface area contributed by atoms with Crippen LogP contribution in [0, 0.1) is 17.8 Å². The molecule has 2 aliphatic carbocycles. The molecular weight excluding hydrogens is 354 g/mol. The molecule has 3 unspecified atom stereocenters. The van der Waals surface area contributed by atoms with Gasteiger partial charge in [-0.15, -0.1) is 11.3 Å². The SMILES string of the molecule is CC(C)N=c1scc(-c2cc3ccccc3o2)n1N=CC1CC2C=CC1C2. The van der Waals surface area contributed by atoms with Gasteiger partial charge in [0, 0.05) is 28.9 Å². The molecule has 0 amide bonds. The van der Waals surface area contributed by atoms with Gasteiger partial charge in [0.1, 0.15) is 11.3 Å². The summed E-state index contributed by atoms with van der Waals surface area (Å²) >= 11 is 1.62. The molecule has 1 aromatic carbocycles. The van der Waals surface area contributed by atoms with Gasteiger partial charge < -0.3 is 4.42 Å². The number of fused-ring (bicyclic) bond motifs is 3. The van der Waals surface area contributed by atoms with Crippen LogP contribution < -0.4 is 4.80 Å². The summed E-state index contributed by atoms with van der Waals surface area (Å²) in [5.41, 5.74) is 1.86. The zero-order valence-electron chi connectivity index (χ0n) is 15.6. The second-order valence-electron chi connectivity index (χ2n) is 7.80. The minimum absolute atomic E-state index is 0.221. The van der Waals surface area contributed by atoms with Crippen molar-refractivity contribution in [2.75, 3.05) is 0 Å². The Balaban J connectivity index is 1.57. The maximum absolute atomic E-state index is 6.09. The zero-order chi connectivity index (χ0) is 18.4. The van der Waals surface area contributed by atoms with Crippen molar-refractivity contribution in [1.29, 1.82) is 0 Å². The van der Waals surface area contributed by atoms with Gasteiger partial charge in [0.25, 0.3) is 0 Å². The summed E-state index contributed by atoms with van der Waals surface area (Å²) in [6.45, 7) is 4.19. The van der Waals surface area contributed by atoms with Gasteiger partial charge in [-0.1, -0.05) is 30.4 Å². The van der Waals surface area contributed by atoms with E-state index in [0.29, 0.717) is 11.8 Å². The van der Waals surface area contributed by atoms with Crippen molar-refractivity contribution in [3.8, 4) is 11.5 Å². The Bertz CT molecular complexity index is 1070. The van der Waals surface area contributed by atoms with E-state index in [-0.39, 0.29) is 6.04 Å². The van der Waals surface area contributed by atoms with E-state index in [0.717, 1.165) is 33.1 Å². The highest BCUT2D eigenvalue weighted by atomic mass is 32.1. The van der Waals surface area contributed by atoms with Gasteiger partial charge in [-0.25, -0.2) is 4.68 Å². The highest BCUT2D eigenvalue weighted by Gasteiger charge is 2.34. The Morgan fingerprint density at radius 2 is 2.11 bits per heavy atom. The summed E-state index contributed by atoms with van der Waals surface area (Å²) < 4.78 is 8.05. The standard InChI is InChI=1S/C22H23N3OS/c1-14(2)24-22-25(23-12-18-10-15-7-8-16(18)9-15)19(13-27-22)21-11-17-5-3-4-6-20(17)26-21/h3-8,11-16,18H,9-10H2,1-2H3. The molecule has 0 spiro atoms. The monoisotopic (exact) mass is 377 g/mol. The number of rotatable bonds is 4. The van der Waals surface area contributed by atoms with E-state index in [9.17, 15) is 0 Å². The highest BCUT2D eigenvalue weighted by molar-refractivity contribution is 7.07. The maximum atomic E-state index is 6.09. The van der Waals surface area contributed by atoms with Crippen molar-refractivity contribution in [1.82, 2.24) is 4.68 Å². The number of para-hydroxylation sites is 1. The molecule has 3 atom stereocenters. The number of nitrogens with zero attached hydrogens (tertiary/aromatic N) is 3. The summed E-state index contributed by atoms with van der Waals surface area (Å²) in [4.78, 5) is 5.68. The van der Waals surface area contributed by atoms with Gasteiger partial charge in [-0.3, -0.25) is 4.99 Å². The van der Waals surface area contributed by atoms with Gasteiger partial charge in [-0.05, 0) is 50.7 Å². The Morgan fingerprint density at radius 3 is 2.85 bits per heavy atom. The van der Waals surface area contributed by atoms with E-state index in [4.69, 9.17) is 14.5 Å². The lowest BCUT2D eigenvalue weighted by Crippen LogP contribution is -2.16.